The van der Waals surface area contributed by atoms with Crippen molar-refractivity contribution in [2.75, 3.05) is 5.32 Å². The van der Waals surface area contributed by atoms with E-state index in [1.165, 1.54) is 12.8 Å². The van der Waals surface area contributed by atoms with Gasteiger partial charge in [-0.25, -0.2) is 4.68 Å². The van der Waals surface area contributed by atoms with Gasteiger partial charge in [0, 0.05) is 18.7 Å². The van der Waals surface area contributed by atoms with Crippen LogP contribution < -0.4 is 10.9 Å². The number of hydrogen-bond acceptors (Lipinski definition) is 3. The fraction of sp³-hybridized carbons (Fsp3) is 0.692. The minimum atomic E-state index is 0.00236. The van der Waals surface area contributed by atoms with E-state index < -0.39 is 0 Å². The summed E-state index contributed by atoms with van der Waals surface area (Å²) in [5, 5.41) is 7.53. The van der Waals surface area contributed by atoms with Crippen LogP contribution in [-0.4, -0.2) is 15.8 Å². The van der Waals surface area contributed by atoms with Gasteiger partial charge in [-0.3, -0.25) is 4.79 Å². The molecule has 0 saturated heterocycles. The van der Waals surface area contributed by atoms with Gasteiger partial charge in [0.2, 0.25) is 0 Å². The maximum atomic E-state index is 11.9. The van der Waals surface area contributed by atoms with Crippen LogP contribution in [0.4, 0.5) is 5.69 Å². The van der Waals surface area contributed by atoms with Crippen LogP contribution in [0.2, 0.25) is 0 Å². The van der Waals surface area contributed by atoms with E-state index in [9.17, 15) is 4.79 Å². The highest BCUT2D eigenvalue weighted by Gasteiger charge is 2.21. The Morgan fingerprint density at radius 2 is 2.18 bits per heavy atom. The minimum absolute atomic E-state index is 0.00236. The Hall–Kier alpha value is -1.32. The van der Waals surface area contributed by atoms with Gasteiger partial charge in [-0.05, 0) is 18.8 Å². The van der Waals surface area contributed by atoms with Crippen molar-refractivity contribution in [1.29, 1.82) is 0 Å². The van der Waals surface area contributed by atoms with E-state index in [1.807, 2.05) is 0 Å². The van der Waals surface area contributed by atoms with Crippen molar-refractivity contribution in [3.63, 3.8) is 0 Å². The molecule has 0 aliphatic heterocycles. The van der Waals surface area contributed by atoms with Gasteiger partial charge in [-0.15, -0.1) is 0 Å². The van der Waals surface area contributed by atoms with Crippen molar-refractivity contribution in [1.82, 2.24) is 9.78 Å². The van der Waals surface area contributed by atoms with Gasteiger partial charge in [-0.1, -0.05) is 26.7 Å². The van der Waals surface area contributed by atoms with Crippen LogP contribution in [0.1, 0.15) is 39.5 Å². The van der Waals surface area contributed by atoms with E-state index in [0.717, 1.165) is 25.1 Å². The lowest BCUT2D eigenvalue weighted by molar-refractivity contribution is 0.385. The average molecular weight is 235 g/mol. The van der Waals surface area contributed by atoms with E-state index in [-0.39, 0.29) is 5.56 Å². The molecule has 1 heterocycles. The summed E-state index contributed by atoms with van der Waals surface area (Å²) in [4.78, 5) is 11.9. The fourth-order valence-electron chi connectivity index (χ4n) is 1.90. The van der Waals surface area contributed by atoms with Crippen LogP contribution in [0.25, 0.3) is 0 Å². The second kappa shape index (κ2) is 5.34. The van der Waals surface area contributed by atoms with Crippen molar-refractivity contribution < 1.29 is 0 Å². The van der Waals surface area contributed by atoms with Gasteiger partial charge in [0.05, 0.1) is 11.9 Å². The van der Waals surface area contributed by atoms with Gasteiger partial charge in [0.1, 0.15) is 0 Å². The molecule has 0 amide bonds. The highest BCUT2D eigenvalue weighted by molar-refractivity contribution is 5.41. The highest BCUT2D eigenvalue weighted by Crippen LogP contribution is 2.23. The summed E-state index contributed by atoms with van der Waals surface area (Å²) in [6, 6.07) is 2.22. The Bertz CT molecular complexity index is 419. The Balaban J connectivity index is 2.05. The number of hydrogen-bond donors (Lipinski definition) is 1. The minimum Gasteiger partial charge on any atom is -0.381 e. The Morgan fingerprint density at radius 3 is 2.71 bits per heavy atom. The van der Waals surface area contributed by atoms with Crippen molar-refractivity contribution in [3.05, 3.63) is 22.6 Å². The quantitative estimate of drug-likeness (QED) is 0.822. The van der Waals surface area contributed by atoms with Gasteiger partial charge in [0.15, 0.2) is 0 Å². The van der Waals surface area contributed by atoms with Crippen molar-refractivity contribution in [3.8, 4) is 0 Å². The maximum absolute atomic E-state index is 11.9. The van der Waals surface area contributed by atoms with Crippen molar-refractivity contribution in [2.45, 2.75) is 52.1 Å². The fourth-order valence-corrected chi connectivity index (χ4v) is 1.90. The van der Waals surface area contributed by atoms with Crippen LogP contribution in [-0.2, 0) is 6.54 Å². The molecule has 0 spiro atoms. The van der Waals surface area contributed by atoms with Crippen molar-refractivity contribution >= 4 is 5.69 Å². The Morgan fingerprint density at radius 1 is 1.47 bits per heavy atom. The first-order chi connectivity index (χ1) is 8.22. The molecule has 0 atom stereocenters. The molecule has 1 N–H and O–H groups in total. The third kappa shape index (κ3) is 3.32. The van der Waals surface area contributed by atoms with E-state index >= 15 is 0 Å². The molecule has 17 heavy (non-hydrogen) atoms. The molecular weight excluding hydrogens is 214 g/mol. The zero-order valence-electron chi connectivity index (χ0n) is 10.6. The summed E-state index contributed by atoms with van der Waals surface area (Å²) in [6.07, 6.45) is 6.36. The molecule has 1 aromatic heterocycles. The first kappa shape index (κ1) is 12.1. The third-order valence-corrected chi connectivity index (χ3v) is 3.40. The van der Waals surface area contributed by atoms with E-state index in [1.54, 1.807) is 16.9 Å². The summed E-state index contributed by atoms with van der Waals surface area (Å²) in [6.45, 7) is 5.04. The number of nitrogens with zero attached hydrogens (tertiary/aromatic N) is 2. The lowest BCUT2D eigenvalue weighted by Crippen LogP contribution is -2.26. The van der Waals surface area contributed by atoms with Crippen LogP contribution in [0.3, 0.4) is 0 Å². The van der Waals surface area contributed by atoms with Crippen LogP contribution in [0.15, 0.2) is 17.1 Å². The lowest BCUT2D eigenvalue weighted by atomic mass is 10.0. The SMILES string of the molecule is CCC(CC)Cn1ncc(NC2CC2)cc1=O. The van der Waals surface area contributed by atoms with E-state index in [2.05, 4.69) is 24.3 Å². The average Bonchev–Trinajstić information content (AvgIpc) is 3.12. The predicted molar refractivity (Wildman–Crippen MR) is 69.2 cm³/mol. The molecule has 0 aromatic carbocycles. The zero-order chi connectivity index (χ0) is 12.3. The largest absolute Gasteiger partial charge is 0.381 e. The van der Waals surface area contributed by atoms with Gasteiger partial charge >= 0.3 is 0 Å². The van der Waals surface area contributed by atoms with Crippen LogP contribution in [0.5, 0.6) is 0 Å². The molecular formula is C13H21N3O. The molecule has 4 nitrogen and oxygen atoms in total. The first-order valence-corrected chi connectivity index (χ1v) is 6.56. The van der Waals surface area contributed by atoms with Gasteiger partial charge in [0.25, 0.3) is 5.56 Å². The summed E-state index contributed by atoms with van der Waals surface area (Å²) < 4.78 is 1.58. The monoisotopic (exact) mass is 235 g/mol. The van der Waals surface area contributed by atoms with Crippen LogP contribution >= 0.6 is 0 Å². The lowest BCUT2D eigenvalue weighted by Gasteiger charge is -2.13. The summed E-state index contributed by atoms with van der Waals surface area (Å²) in [7, 11) is 0. The number of rotatable bonds is 6. The van der Waals surface area contributed by atoms with Crippen LogP contribution in [0, 0.1) is 5.92 Å². The van der Waals surface area contributed by atoms with Crippen molar-refractivity contribution in [2.24, 2.45) is 5.92 Å². The Labute approximate surface area is 102 Å². The number of nitrogens with one attached hydrogen (secondary N) is 1. The number of aromatic nitrogens is 2. The molecule has 0 bridgehead atoms. The summed E-state index contributed by atoms with van der Waals surface area (Å²) >= 11 is 0. The normalized spacial score (nSPS) is 15.2. The molecule has 1 fully saturated rings. The van der Waals surface area contributed by atoms with Gasteiger partial charge in [-0.2, -0.15) is 5.10 Å². The van der Waals surface area contributed by atoms with E-state index in [0.29, 0.717) is 12.0 Å². The smallest absolute Gasteiger partial charge is 0.268 e. The third-order valence-electron chi connectivity index (χ3n) is 3.40. The molecule has 2 rings (SSSR count). The first-order valence-electron chi connectivity index (χ1n) is 6.56. The topological polar surface area (TPSA) is 46.9 Å². The number of anilines is 1. The maximum Gasteiger partial charge on any atom is 0.268 e. The zero-order valence-corrected chi connectivity index (χ0v) is 10.6. The molecule has 1 aliphatic carbocycles. The Kier molecular flexibility index (Phi) is 3.82. The molecule has 94 valence electrons. The second-order valence-electron chi connectivity index (χ2n) is 4.87. The molecule has 1 aliphatic rings. The second-order valence-corrected chi connectivity index (χ2v) is 4.87. The molecule has 4 heteroatoms. The van der Waals surface area contributed by atoms with Gasteiger partial charge < -0.3 is 5.32 Å². The molecule has 1 saturated carbocycles. The molecule has 0 radical (unpaired) electrons. The summed E-state index contributed by atoms with van der Waals surface area (Å²) in [5.41, 5.74) is 0.862. The molecule has 1 aromatic rings. The summed E-state index contributed by atoms with van der Waals surface area (Å²) in [5.74, 6) is 0.544. The highest BCUT2D eigenvalue weighted by atomic mass is 16.1. The van der Waals surface area contributed by atoms with E-state index in [4.69, 9.17) is 0 Å². The predicted octanol–water partition coefficient (Wildman–Crippen LogP) is 2.25. The molecule has 0 unspecified atom stereocenters. The standard InChI is InChI=1S/C13H21N3O/c1-3-10(4-2)9-16-13(17)7-12(8-14-16)15-11-5-6-11/h7-8,10-11,15H,3-6,9H2,1-2H3.